The maximum Gasteiger partial charge on any atom is 0.261 e. The number of hydrogen-bond acceptors (Lipinski definition) is 3. The molecule has 68 valence electrons. The Bertz CT molecular complexity index is 394. The number of nitrogens with zero attached hydrogens (tertiary/aromatic N) is 2. The average Bonchev–Trinajstić information content (AvgIpc) is 2.45. The largest absolute Gasteiger partial charge is 0.310 e. The second kappa shape index (κ2) is 2.42. The molecule has 1 atom stereocenters. The molecule has 1 amide bonds. The lowest BCUT2D eigenvalue weighted by Crippen LogP contribution is -2.38. The molecule has 0 fully saturated rings. The van der Waals surface area contributed by atoms with Crippen LogP contribution in [0.5, 0.6) is 0 Å². The summed E-state index contributed by atoms with van der Waals surface area (Å²) in [5, 5.41) is 6.50. The lowest BCUT2D eigenvalue weighted by Gasteiger charge is -2.18. The minimum Gasteiger partial charge on any atom is -0.310 e. The van der Waals surface area contributed by atoms with Gasteiger partial charge in [0, 0.05) is 5.56 Å². The molecule has 0 spiro atoms. The molecular weight excluding hydrogens is 170 g/mol. The van der Waals surface area contributed by atoms with Crippen LogP contribution in [0.1, 0.15) is 17.3 Å². The zero-order chi connectivity index (χ0) is 9.59. The van der Waals surface area contributed by atoms with Crippen LogP contribution in [0.2, 0.25) is 0 Å². The quantitative estimate of drug-likeness (QED) is 0.587. The summed E-state index contributed by atoms with van der Waals surface area (Å²) in [4.78, 5) is 22.7. The van der Waals surface area contributed by atoms with Gasteiger partial charge in [0.2, 0.25) is 5.91 Å². The van der Waals surface area contributed by atoms with Crippen LogP contribution in [0.4, 0.5) is 5.82 Å². The van der Waals surface area contributed by atoms with Gasteiger partial charge in [0.25, 0.3) is 5.91 Å². The molecule has 1 unspecified atom stereocenters. The van der Waals surface area contributed by atoms with E-state index in [-0.39, 0.29) is 11.8 Å². The third kappa shape index (κ3) is 0.965. The van der Waals surface area contributed by atoms with Crippen LogP contribution >= 0.6 is 0 Å². The topological polar surface area (TPSA) is 64.0 Å². The Morgan fingerprint density at radius 1 is 1.54 bits per heavy atom. The number of hydrogen-bond donors (Lipinski definition) is 1. The van der Waals surface area contributed by atoms with E-state index in [1.54, 1.807) is 20.0 Å². The minimum absolute atomic E-state index is 0.263. The summed E-state index contributed by atoms with van der Waals surface area (Å²) in [6, 6.07) is 0. The first-order valence-electron chi connectivity index (χ1n) is 4.01. The minimum atomic E-state index is -0.646. The number of fused-ring (bicyclic) bond motifs is 1. The lowest BCUT2D eigenvalue weighted by atomic mass is 10.1. The summed E-state index contributed by atoms with van der Waals surface area (Å²) in [6.07, 6.45) is 1.56. The van der Waals surface area contributed by atoms with E-state index >= 15 is 0 Å². The molecule has 2 heterocycles. The maximum absolute atomic E-state index is 11.5. The molecule has 0 aliphatic carbocycles. The SMILES string of the molecule is Cc1cnn2c1NC(=O)C(C)C2=O. The van der Waals surface area contributed by atoms with Gasteiger partial charge in [-0.15, -0.1) is 0 Å². The molecule has 5 nitrogen and oxygen atoms in total. The van der Waals surface area contributed by atoms with Crippen LogP contribution in [0.25, 0.3) is 0 Å². The Labute approximate surface area is 74.7 Å². The number of rotatable bonds is 0. The van der Waals surface area contributed by atoms with E-state index < -0.39 is 5.92 Å². The Morgan fingerprint density at radius 3 is 2.92 bits per heavy atom. The molecule has 1 aromatic rings. The molecule has 1 aromatic heterocycles. The highest BCUT2D eigenvalue weighted by Gasteiger charge is 2.31. The average molecular weight is 179 g/mol. The zero-order valence-electron chi connectivity index (χ0n) is 7.37. The van der Waals surface area contributed by atoms with Crippen molar-refractivity contribution in [2.45, 2.75) is 13.8 Å². The highest BCUT2D eigenvalue weighted by atomic mass is 16.2. The van der Waals surface area contributed by atoms with Gasteiger partial charge in [-0.1, -0.05) is 0 Å². The van der Waals surface area contributed by atoms with Crippen molar-refractivity contribution < 1.29 is 9.59 Å². The second-order valence-electron chi connectivity index (χ2n) is 3.14. The highest BCUT2D eigenvalue weighted by molar-refractivity contribution is 6.11. The van der Waals surface area contributed by atoms with Crippen LogP contribution in [-0.2, 0) is 4.79 Å². The number of aromatic nitrogens is 2. The molecule has 13 heavy (non-hydrogen) atoms. The van der Waals surface area contributed by atoms with E-state index in [9.17, 15) is 9.59 Å². The van der Waals surface area contributed by atoms with Gasteiger partial charge in [-0.3, -0.25) is 9.59 Å². The number of carbonyl (C=O) groups is 2. The first-order valence-corrected chi connectivity index (χ1v) is 4.01. The summed E-state index contributed by atoms with van der Waals surface area (Å²) in [5.74, 6) is -0.687. The fraction of sp³-hybridized carbons (Fsp3) is 0.375. The predicted octanol–water partition coefficient (Wildman–Crippen LogP) is 0.420. The standard InChI is InChI=1S/C8H9N3O2/c1-4-3-9-11-6(4)10-7(12)5(2)8(11)13/h3,5H,1-2H3,(H,10,12). The third-order valence-electron chi connectivity index (χ3n) is 2.17. The number of nitrogens with one attached hydrogen (secondary N) is 1. The normalized spacial score (nSPS) is 21.2. The molecule has 0 bridgehead atoms. The Kier molecular flexibility index (Phi) is 1.48. The van der Waals surface area contributed by atoms with Crippen molar-refractivity contribution in [3.8, 4) is 0 Å². The number of aryl methyl sites for hydroxylation is 1. The van der Waals surface area contributed by atoms with Gasteiger partial charge in [0.1, 0.15) is 11.7 Å². The first kappa shape index (κ1) is 7.97. The van der Waals surface area contributed by atoms with E-state index in [0.29, 0.717) is 5.82 Å². The van der Waals surface area contributed by atoms with Crippen molar-refractivity contribution in [3.05, 3.63) is 11.8 Å². The molecule has 0 aromatic carbocycles. The van der Waals surface area contributed by atoms with E-state index in [1.165, 1.54) is 4.68 Å². The van der Waals surface area contributed by atoms with Crippen LogP contribution in [-0.4, -0.2) is 21.6 Å². The van der Waals surface area contributed by atoms with Crippen molar-refractivity contribution in [1.82, 2.24) is 9.78 Å². The molecule has 0 radical (unpaired) electrons. The van der Waals surface area contributed by atoms with Crippen LogP contribution in [0, 0.1) is 12.8 Å². The second-order valence-corrected chi connectivity index (χ2v) is 3.14. The Balaban J connectivity index is 2.57. The van der Waals surface area contributed by atoms with Gasteiger partial charge in [-0.25, -0.2) is 0 Å². The van der Waals surface area contributed by atoms with E-state index in [2.05, 4.69) is 10.4 Å². The fourth-order valence-corrected chi connectivity index (χ4v) is 1.27. The monoisotopic (exact) mass is 179 g/mol. The van der Waals surface area contributed by atoms with Crippen molar-refractivity contribution in [3.63, 3.8) is 0 Å². The molecular formula is C8H9N3O2. The summed E-state index contributed by atoms with van der Waals surface area (Å²) < 4.78 is 1.24. The molecule has 0 saturated carbocycles. The molecule has 2 rings (SSSR count). The van der Waals surface area contributed by atoms with Gasteiger partial charge in [-0.2, -0.15) is 9.78 Å². The van der Waals surface area contributed by atoms with Gasteiger partial charge in [0.05, 0.1) is 6.20 Å². The lowest BCUT2D eigenvalue weighted by molar-refractivity contribution is -0.118. The third-order valence-corrected chi connectivity index (χ3v) is 2.17. The predicted molar refractivity (Wildman–Crippen MR) is 45.4 cm³/mol. The van der Waals surface area contributed by atoms with Gasteiger partial charge in [0.15, 0.2) is 0 Å². The Morgan fingerprint density at radius 2 is 2.23 bits per heavy atom. The summed E-state index contributed by atoms with van der Waals surface area (Å²) >= 11 is 0. The van der Waals surface area contributed by atoms with Crippen LogP contribution in [0.15, 0.2) is 6.20 Å². The first-order chi connectivity index (χ1) is 6.11. The smallest absolute Gasteiger partial charge is 0.261 e. The summed E-state index contributed by atoms with van der Waals surface area (Å²) in [6.45, 7) is 3.36. The van der Waals surface area contributed by atoms with E-state index in [1.807, 2.05) is 0 Å². The molecule has 1 aliphatic heterocycles. The molecule has 1 N–H and O–H groups in total. The van der Waals surface area contributed by atoms with Gasteiger partial charge >= 0.3 is 0 Å². The molecule has 5 heteroatoms. The van der Waals surface area contributed by atoms with Gasteiger partial charge in [-0.05, 0) is 13.8 Å². The number of amides is 1. The van der Waals surface area contributed by atoms with Crippen molar-refractivity contribution in [1.29, 1.82) is 0 Å². The summed E-state index contributed by atoms with van der Waals surface area (Å²) in [5.41, 5.74) is 0.800. The number of anilines is 1. The van der Waals surface area contributed by atoms with Crippen molar-refractivity contribution in [2.24, 2.45) is 5.92 Å². The van der Waals surface area contributed by atoms with Crippen molar-refractivity contribution >= 4 is 17.6 Å². The fourth-order valence-electron chi connectivity index (χ4n) is 1.27. The van der Waals surface area contributed by atoms with E-state index in [4.69, 9.17) is 0 Å². The van der Waals surface area contributed by atoms with Gasteiger partial charge < -0.3 is 5.32 Å². The van der Waals surface area contributed by atoms with Crippen LogP contribution in [0.3, 0.4) is 0 Å². The number of carbonyl (C=O) groups excluding carboxylic acids is 2. The van der Waals surface area contributed by atoms with Crippen LogP contribution < -0.4 is 5.32 Å². The molecule has 1 aliphatic rings. The zero-order valence-corrected chi connectivity index (χ0v) is 7.37. The maximum atomic E-state index is 11.5. The van der Waals surface area contributed by atoms with Crippen molar-refractivity contribution in [2.75, 3.05) is 5.32 Å². The highest BCUT2D eigenvalue weighted by Crippen LogP contribution is 2.21. The summed E-state index contributed by atoms with van der Waals surface area (Å²) in [7, 11) is 0. The molecule has 0 saturated heterocycles. The van der Waals surface area contributed by atoms with E-state index in [0.717, 1.165) is 5.56 Å². The Hall–Kier alpha value is -1.65.